The molecule has 142 valence electrons. The van der Waals surface area contributed by atoms with E-state index in [1.54, 1.807) is 41.7 Å². The Balaban J connectivity index is 1.35. The molecule has 4 rings (SSSR count). The fraction of sp³-hybridized carbons (Fsp3) is 0.421. The molecule has 2 aliphatic rings. The molecule has 2 heterocycles. The van der Waals surface area contributed by atoms with Crippen LogP contribution in [0.15, 0.2) is 43.0 Å². The van der Waals surface area contributed by atoms with E-state index in [1.807, 2.05) is 10.8 Å². The number of nitrogens with one attached hydrogen (secondary N) is 2. The Labute approximate surface area is 157 Å². The SMILES string of the molecule is O=C(N[C@@H]1CC(Cn2ccnc2)C[C@H]1O)c1ccc(N2CCNC2=O)cc1. The Bertz CT molecular complexity index is 805. The van der Waals surface area contributed by atoms with Crippen LogP contribution in [0.1, 0.15) is 23.2 Å². The van der Waals surface area contributed by atoms with Gasteiger partial charge in [-0.3, -0.25) is 9.69 Å². The van der Waals surface area contributed by atoms with Crippen molar-refractivity contribution in [1.29, 1.82) is 0 Å². The van der Waals surface area contributed by atoms with Crippen molar-refractivity contribution in [1.82, 2.24) is 20.2 Å². The number of rotatable bonds is 5. The fourth-order valence-corrected chi connectivity index (χ4v) is 3.88. The Morgan fingerprint density at radius 1 is 1.30 bits per heavy atom. The number of urea groups is 1. The molecule has 1 aliphatic carbocycles. The highest BCUT2D eigenvalue weighted by Crippen LogP contribution is 2.28. The monoisotopic (exact) mass is 369 g/mol. The van der Waals surface area contributed by atoms with E-state index in [4.69, 9.17) is 0 Å². The molecule has 1 aromatic heterocycles. The Morgan fingerprint density at radius 2 is 2.11 bits per heavy atom. The summed E-state index contributed by atoms with van der Waals surface area (Å²) >= 11 is 0. The minimum absolute atomic E-state index is 0.120. The quantitative estimate of drug-likeness (QED) is 0.732. The summed E-state index contributed by atoms with van der Waals surface area (Å²) in [5.41, 5.74) is 1.28. The molecule has 2 fully saturated rings. The van der Waals surface area contributed by atoms with Gasteiger partial charge in [-0.25, -0.2) is 9.78 Å². The number of carbonyl (C=O) groups is 2. The summed E-state index contributed by atoms with van der Waals surface area (Å²) in [6.07, 6.45) is 6.25. The van der Waals surface area contributed by atoms with Crippen molar-refractivity contribution in [3.05, 3.63) is 48.5 Å². The summed E-state index contributed by atoms with van der Waals surface area (Å²) < 4.78 is 1.99. The number of hydrogen-bond donors (Lipinski definition) is 3. The molecular weight excluding hydrogens is 346 g/mol. The number of amides is 3. The van der Waals surface area contributed by atoms with Crippen molar-refractivity contribution >= 4 is 17.6 Å². The first kappa shape index (κ1) is 17.5. The predicted octanol–water partition coefficient (Wildman–Crippen LogP) is 0.982. The molecule has 0 radical (unpaired) electrons. The molecule has 8 nitrogen and oxygen atoms in total. The standard InChI is InChI=1S/C19H23N5O3/c25-17-10-13(11-23-7-5-20-12-23)9-16(17)22-18(26)14-1-3-15(4-2-14)24-8-6-21-19(24)27/h1-5,7,12-13,16-17,25H,6,8-11H2,(H,21,27)(H,22,26)/t13?,16-,17-/m1/s1. The van der Waals surface area contributed by atoms with Crippen LogP contribution in [0.25, 0.3) is 0 Å². The number of imidazole rings is 1. The van der Waals surface area contributed by atoms with Crippen LogP contribution >= 0.6 is 0 Å². The average molecular weight is 369 g/mol. The van der Waals surface area contributed by atoms with E-state index < -0.39 is 6.10 Å². The number of hydrogen-bond acceptors (Lipinski definition) is 4. The van der Waals surface area contributed by atoms with Gasteiger partial charge in [0.2, 0.25) is 0 Å². The molecule has 3 atom stereocenters. The number of anilines is 1. The van der Waals surface area contributed by atoms with E-state index in [1.165, 1.54) is 0 Å². The van der Waals surface area contributed by atoms with Gasteiger partial charge in [0.25, 0.3) is 5.91 Å². The highest BCUT2D eigenvalue weighted by molar-refractivity contribution is 5.97. The number of aliphatic hydroxyl groups is 1. The molecule has 0 spiro atoms. The van der Waals surface area contributed by atoms with Gasteiger partial charge >= 0.3 is 6.03 Å². The zero-order valence-corrected chi connectivity index (χ0v) is 14.9. The van der Waals surface area contributed by atoms with E-state index in [0.717, 1.165) is 18.7 Å². The number of nitrogens with zero attached hydrogens (tertiary/aromatic N) is 3. The molecule has 8 heteroatoms. The summed E-state index contributed by atoms with van der Waals surface area (Å²) in [6.45, 7) is 2.04. The minimum atomic E-state index is -0.546. The number of aliphatic hydroxyl groups excluding tert-OH is 1. The lowest BCUT2D eigenvalue weighted by atomic mass is 10.1. The maximum atomic E-state index is 12.5. The average Bonchev–Trinajstić information content (AvgIpc) is 3.39. The molecular formula is C19H23N5O3. The van der Waals surface area contributed by atoms with Crippen LogP contribution in [0, 0.1) is 5.92 Å². The first-order valence-corrected chi connectivity index (χ1v) is 9.20. The largest absolute Gasteiger partial charge is 0.391 e. The molecule has 1 saturated heterocycles. The first-order valence-electron chi connectivity index (χ1n) is 9.20. The minimum Gasteiger partial charge on any atom is -0.391 e. The third-order valence-electron chi connectivity index (χ3n) is 5.27. The second kappa shape index (κ2) is 7.40. The maximum absolute atomic E-state index is 12.5. The molecule has 3 amide bonds. The van der Waals surface area contributed by atoms with Gasteiger partial charge in [0.05, 0.1) is 18.5 Å². The predicted molar refractivity (Wildman–Crippen MR) is 99.4 cm³/mol. The third kappa shape index (κ3) is 3.80. The molecule has 2 aromatic rings. The summed E-state index contributed by atoms with van der Waals surface area (Å²) in [7, 11) is 0. The number of benzene rings is 1. The normalized spacial score (nSPS) is 24.9. The Kier molecular flexibility index (Phi) is 4.81. The van der Waals surface area contributed by atoms with Crippen LogP contribution in [0.2, 0.25) is 0 Å². The highest BCUT2D eigenvalue weighted by atomic mass is 16.3. The zero-order valence-electron chi connectivity index (χ0n) is 14.9. The molecule has 1 aromatic carbocycles. The van der Waals surface area contributed by atoms with Gasteiger partial charge in [0.1, 0.15) is 0 Å². The van der Waals surface area contributed by atoms with E-state index in [9.17, 15) is 14.7 Å². The van der Waals surface area contributed by atoms with Gasteiger partial charge < -0.3 is 20.3 Å². The van der Waals surface area contributed by atoms with Crippen molar-refractivity contribution in [2.45, 2.75) is 31.5 Å². The Hall–Kier alpha value is -2.87. The van der Waals surface area contributed by atoms with Crippen LogP contribution in [-0.2, 0) is 6.54 Å². The number of aromatic nitrogens is 2. The molecule has 1 unspecified atom stereocenters. The molecule has 3 N–H and O–H groups in total. The number of carbonyl (C=O) groups excluding carboxylic acids is 2. The first-order chi connectivity index (χ1) is 13.1. The third-order valence-corrected chi connectivity index (χ3v) is 5.27. The molecule has 1 saturated carbocycles. The van der Waals surface area contributed by atoms with E-state index in [0.29, 0.717) is 31.0 Å². The second-order valence-electron chi connectivity index (χ2n) is 7.17. The summed E-state index contributed by atoms with van der Waals surface area (Å²) in [5, 5.41) is 16.0. The van der Waals surface area contributed by atoms with Gasteiger partial charge in [-0.15, -0.1) is 0 Å². The molecule has 27 heavy (non-hydrogen) atoms. The lowest BCUT2D eigenvalue weighted by molar-refractivity contribution is 0.0873. The van der Waals surface area contributed by atoms with Gasteiger partial charge in [-0.05, 0) is 43.0 Å². The zero-order chi connectivity index (χ0) is 18.8. The van der Waals surface area contributed by atoms with Crippen LogP contribution < -0.4 is 15.5 Å². The van der Waals surface area contributed by atoms with Crippen LogP contribution in [0.3, 0.4) is 0 Å². The Morgan fingerprint density at radius 3 is 2.78 bits per heavy atom. The lowest BCUT2D eigenvalue weighted by Crippen LogP contribution is -2.39. The topological polar surface area (TPSA) is 99.5 Å². The smallest absolute Gasteiger partial charge is 0.321 e. The maximum Gasteiger partial charge on any atom is 0.321 e. The van der Waals surface area contributed by atoms with Crippen molar-refractivity contribution in [3.8, 4) is 0 Å². The van der Waals surface area contributed by atoms with Crippen molar-refractivity contribution < 1.29 is 14.7 Å². The molecule has 0 bridgehead atoms. The van der Waals surface area contributed by atoms with Crippen LogP contribution in [0.4, 0.5) is 10.5 Å². The van der Waals surface area contributed by atoms with Gasteiger partial charge in [-0.2, -0.15) is 0 Å². The fourth-order valence-electron chi connectivity index (χ4n) is 3.88. The van der Waals surface area contributed by atoms with Crippen molar-refractivity contribution in [2.75, 3.05) is 18.0 Å². The highest BCUT2D eigenvalue weighted by Gasteiger charge is 2.34. The second-order valence-corrected chi connectivity index (χ2v) is 7.17. The summed E-state index contributed by atoms with van der Waals surface area (Å²) in [4.78, 5) is 29.9. The van der Waals surface area contributed by atoms with E-state index in [-0.39, 0.29) is 18.0 Å². The van der Waals surface area contributed by atoms with Gasteiger partial charge in [0.15, 0.2) is 0 Å². The van der Waals surface area contributed by atoms with Gasteiger partial charge in [0, 0.05) is 43.3 Å². The van der Waals surface area contributed by atoms with E-state index >= 15 is 0 Å². The molecule has 1 aliphatic heterocycles. The van der Waals surface area contributed by atoms with Crippen molar-refractivity contribution in [2.24, 2.45) is 5.92 Å². The van der Waals surface area contributed by atoms with Crippen molar-refractivity contribution in [3.63, 3.8) is 0 Å². The lowest BCUT2D eigenvalue weighted by Gasteiger charge is -2.17. The summed E-state index contributed by atoms with van der Waals surface area (Å²) in [6, 6.07) is 6.58. The summed E-state index contributed by atoms with van der Waals surface area (Å²) in [5.74, 6) is 0.0929. The van der Waals surface area contributed by atoms with Crippen LogP contribution in [0.5, 0.6) is 0 Å². The van der Waals surface area contributed by atoms with Crippen LogP contribution in [-0.4, -0.2) is 51.8 Å². The van der Waals surface area contributed by atoms with Gasteiger partial charge in [-0.1, -0.05) is 0 Å². The van der Waals surface area contributed by atoms with E-state index in [2.05, 4.69) is 15.6 Å².